The van der Waals surface area contributed by atoms with Crippen LogP contribution in [0, 0.1) is 17.3 Å². The first-order chi connectivity index (χ1) is 9.56. The van der Waals surface area contributed by atoms with Gasteiger partial charge in [-0.05, 0) is 69.5 Å². The van der Waals surface area contributed by atoms with Gasteiger partial charge in [-0.25, -0.2) is 0 Å². The number of nitrogens with one attached hydrogen (secondary N) is 1. The van der Waals surface area contributed by atoms with E-state index in [1.165, 1.54) is 64.6 Å². The van der Waals surface area contributed by atoms with E-state index in [-0.39, 0.29) is 0 Å². The molecule has 0 amide bonds. The van der Waals surface area contributed by atoms with Gasteiger partial charge >= 0.3 is 0 Å². The summed E-state index contributed by atoms with van der Waals surface area (Å²) in [5.41, 5.74) is 0.468. The molecule has 0 aromatic heterocycles. The van der Waals surface area contributed by atoms with Crippen LogP contribution < -0.4 is 5.32 Å². The van der Waals surface area contributed by atoms with Gasteiger partial charge in [0.15, 0.2) is 0 Å². The summed E-state index contributed by atoms with van der Waals surface area (Å²) in [7, 11) is 2.17. The van der Waals surface area contributed by atoms with Crippen LogP contribution in [0.3, 0.4) is 0 Å². The van der Waals surface area contributed by atoms with Gasteiger partial charge in [-0.1, -0.05) is 33.6 Å². The van der Waals surface area contributed by atoms with Crippen LogP contribution in [0.25, 0.3) is 0 Å². The van der Waals surface area contributed by atoms with Crippen LogP contribution in [-0.2, 0) is 0 Å². The molecule has 0 aromatic rings. The second-order valence-electron chi connectivity index (χ2n) is 7.91. The van der Waals surface area contributed by atoms with Crippen LogP contribution in [0.1, 0.15) is 65.7 Å². The summed E-state index contributed by atoms with van der Waals surface area (Å²) in [6, 6.07) is 0.696. The molecule has 118 valence electrons. The molecule has 20 heavy (non-hydrogen) atoms. The molecule has 0 bridgehead atoms. The summed E-state index contributed by atoms with van der Waals surface area (Å²) in [4.78, 5) is 2.77. The summed E-state index contributed by atoms with van der Waals surface area (Å²) >= 11 is 0. The Hall–Kier alpha value is -0.0800. The summed E-state index contributed by atoms with van der Waals surface area (Å²) in [6.45, 7) is 11.3. The zero-order valence-corrected chi connectivity index (χ0v) is 14.3. The highest BCUT2D eigenvalue weighted by Gasteiger charge is 2.38. The predicted molar refractivity (Wildman–Crippen MR) is 88.0 cm³/mol. The van der Waals surface area contributed by atoms with E-state index >= 15 is 0 Å². The minimum atomic E-state index is 0.468. The van der Waals surface area contributed by atoms with Gasteiger partial charge in [0.25, 0.3) is 0 Å². The number of rotatable bonds is 4. The second-order valence-corrected chi connectivity index (χ2v) is 7.91. The van der Waals surface area contributed by atoms with Gasteiger partial charge in [0.05, 0.1) is 0 Å². The average molecular weight is 281 g/mol. The maximum absolute atomic E-state index is 3.64. The molecule has 2 heteroatoms. The number of hydrogen-bond acceptors (Lipinski definition) is 2. The first-order valence-electron chi connectivity index (χ1n) is 8.96. The van der Waals surface area contributed by atoms with E-state index in [4.69, 9.17) is 0 Å². The largest absolute Gasteiger partial charge is 0.316 e. The van der Waals surface area contributed by atoms with E-state index < -0.39 is 0 Å². The van der Waals surface area contributed by atoms with Crippen molar-refractivity contribution >= 4 is 0 Å². The highest BCUT2D eigenvalue weighted by atomic mass is 15.1. The molecule has 2 rings (SSSR count). The molecule has 1 saturated carbocycles. The van der Waals surface area contributed by atoms with Crippen molar-refractivity contribution in [1.82, 2.24) is 10.2 Å². The number of nitrogens with zero attached hydrogens (tertiary/aromatic N) is 1. The first-order valence-corrected chi connectivity index (χ1v) is 8.96. The highest BCUT2D eigenvalue weighted by molar-refractivity contribution is 4.94. The third kappa shape index (κ3) is 3.98. The Kier molecular flexibility index (Phi) is 5.92. The van der Waals surface area contributed by atoms with Crippen molar-refractivity contribution in [2.45, 2.75) is 71.8 Å². The fraction of sp³-hybridized carbons (Fsp3) is 1.00. The van der Waals surface area contributed by atoms with E-state index in [2.05, 4.69) is 38.0 Å². The van der Waals surface area contributed by atoms with Crippen LogP contribution in [0.4, 0.5) is 0 Å². The quantitative estimate of drug-likeness (QED) is 0.840. The van der Waals surface area contributed by atoms with E-state index in [1.54, 1.807) is 0 Å². The van der Waals surface area contributed by atoms with Crippen LogP contribution in [0.5, 0.6) is 0 Å². The molecular weight excluding hydrogens is 244 g/mol. The highest BCUT2D eigenvalue weighted by Crippen LogP contribution is 2.39. The molecule has 2 fully saturated rings. The molecule has 1 saturated heterocycles. The first kappa shape index (κ1) is 16.3. The van der Waals surface area contributed by atoms with Gasteiger partial charge in [0.1, 0.15) is 0 Å². The summed E-state index contributed by atoms with van der Waals surface area (Å²) in [5.74, 6) is 1.84. The zero-order valence-electron chi connectivity index (χ0n) is 14.3. The Morgan fingerprint density at radius 2 is 1.90 bits per heavy atom. The Bertz CT molecular complexity index is 287. The molecule has 1 heterocycles. The van der Waals surface area contributed by atoms with Gasteiger partial charge in [-0.15, -0.1) is 0 Å². The maximum Gasteiger partial charge on any atom is 0.0156 e. The fourth-order valence-corrected chi connectivity index (χ4v) is 4.75. The number of hydrogen-bond donors (Lipinski definition) is 1. The third-order valence-corrected chi connectivity index (χ3v) is 6.03. The lowest BCUT2D eigenvalue weighted by atomic mass is 9.68. The molecule has 1 aliphatic heterocycles. The fourth-order valence-electron chi connectivity index (χ4n) is 4.75. The van der Waals surface area contributed by atoms with Crippen molar-refractivity contribution in [2.24, 2.45) is 17.3 Å². The zero-order chi connectivity index (χ0) is 14.6. The second kappa shape index (κ2) is 7.26. The minimum Gasteiger partial charge on any atom is -0.316 e. The van der Waals surface area contributed by atoms with E-state index in [0.717, 1.165) is 11.8 Å². The molecular formula is C18H36N2. The number of likely N-dealkylation sites (tertiary alicyclic amines) is 1. The monoisotopic (exact) mass is 280 g/mol. The van der Waals surface area contributed by atoms with Gasteiger partial charge in [0.2, 0.25) is 0 Å². The Balaban J connectivity index is 1.91. The van der Waals surface area contributed by atoms with Gasteiger partial charge < -0.3 is 10.2 Å². The van der Waals surface area contributed by atoms with Gasteiger partial charge in [-0.3, -0.25) is 0 Å². The standard InChI is InChI=1S/C18H36N2/c1-5-15-8-7-12-20(13-10-15)14-16-9-6-11-18(2,3)17(16)19-4/h15-17,19H,5-14H2,1-4H3. The molecule has 0 aromatic carbocycles. The van der Waals surface area contributed by atoms with Crippen molar-refractivity contribution in [3.05, 3.63) is 0 Å². The molecule has 0 radical (unpaired) electrons. The molecule has 2 aliphatic rings. The Morgan fingerprint density at radius 3 is 2.60 bits per heavy atom. The third-order valence-electron chi connectivity index (χ3n) is 6.03. The lowest BCUT2D eigenvalue weighted by molar-refractivity contribution is 0.0841. The Labute approximate surface area is 126 Å². The van der Waals surface area contributed by atoms with Crippen LogP contribution in [0.15, 0.2) is 0 Å². The van der Waals surface area contributed by atoms with Crippen molar-refractivity contribution in [2.75, 3.05) is 26.7 Å². The van der Waals surface area contributed by atoms with E-state index in [0.29, 0.717) is 11.5 Å². The van der Waals surface area contributed by atoms with Crippen LogP contribution in [0.2, 0.25) is 0 Å². The molecule has 0 spiro atoms. The van der Waals surface area contributed by atoms with Crippen LogP contribution in [-0.4, -0.2) is 37.6 Å². The van der Waals surface area contributed by atoms with Crippen LogP contribution >= 0.6 is 0 Å². The van der Waals surface area contributed by atoms with Crippen molar-refractivity contribution < 1.29 is 0 Å². The van der Waals surface area contributed by atoms with E-state index in [9.17, 15) is 0 Å². The molecule has 1 aliphatic carbocycles. The topological polar surface area (TPSA) is 15.3 Å². The molecule has 3 unspecified atom stereocenters. The van der Waals surface area contributed by atoms with Crippen molar-refractivity contribution in [3.8, 4) is 0 Å². The average Bonchev–Trinajstić information content (AvgIpc) is 2.63. The SMILES string of the molecule is CCC1CCCN(CC2CCCC(C)(C)C2NC)CC1. The molecule has 1 N–H and O–H groups in total. The van der Waals surface area contributed by atoms with Gasteiger partial charge in [-0.2, -0.15) is 0 Å². The lowest BCUT2D eigenvalue weighted by Crippen LogP contribution is -2.51. The van der Waals surface area contributed by atoms with Crippen molar-refractivity contribution in [1.29, 1.82) is 0 Å². The molecule has 2 nitrogen and oxygen atoms in total. The summed E-state index contributed by atoms with van der Waals surface area (Å²) < 4.78 is 0. The summed E-state index contributed by atoms with van der Waals surface area (Å²) in [5, 5.41) is 3.64. The normalized spacial score (nSPS) is 35.7. The molecule has 3 atom stereocenters. The Morgan fingerprint density at radius 1 is 1.10 bits per heavy atom. The minimum absolute atomic E-state index is 0.468. The van der Waals surface area contributed by atoms with Crippen molar-refractivity contribution in [3.63, 3.8) is 0 Å². The van der Waals surface area contributed by atoms with E-state index in [1.807, 2.05) is 0 Å². The predicted octanol–water partition coefficient (Wildman–Crippen LogP) is 3.91. The summed E-state index contributed by atoms with van der Waals surface area (Å²) in [6.07, 6.45) is 9.90. The smallest absolute Gasteiger partial charge is 0.0156 e. The van der Waals surface area contributed by atoms with Gasteiger partial charge in [0, 0.05) is 12.6 Å². The lowest BCUT2D eigenvalue weighted by Gasteiger charge is -2.45. The maximum atomic E-state index is 3.64.